The molecule has 3 atom stereocenters. The average Bonchev–Trinajstić information content (AvgIpc) is 3.07. The summed E-state index contributed by atoms with van der Waals surface area (Å²) in [6, 6.07) is 4.05. The molecule has 0 aliphatic heterocycles. The summed E-state index contributed by atoms with van der Waals surface area (Å²) in [6.07, 6.45) is 3.99. The summed E-state index contributed by atoms with van der Waals surface area (Å²) >= 11 is 10.4. The van der Waals surface area contributed by atoms with Gasteiger partial charge >= 0.3 is 0 Å². The number of hydrogen-bond acceptors (Lipinski definition) is 2. The molecule has 2 fully saturated rings. The van der Waals surface area contributed by atoms with Gasteiger partial charge in [0.05, 0.1) is 18.6 Å². The molecule has 1 aromatic carbocycles. The van der Waals surface area contributed by atoms with Gasteiger partial charge in [-0.2, -0.15) is 0 Å². The monoisotopic (exact) mass is 372 g/mol. The molecule has 0 aromatic heterocycles. The van der Waals surface area contributed by atoms with E-state index in [1.807, 2.05) is 19.9 Å². The zero-order valence-electron chi connectivity index (χ0n) is 12.6. The average molecular weight is 374 g/mol. The van der Waals surface area contributed by atoms with Gasteiger partial charge < -0.3 is 9.47 Å². The van der Waals surface area contributed by atoms with E-state index in [1.54, 1.807) is 0 Å². The molecule has 3 rings (SSSR count). The Labute approximate surface area is 140 Å². The lowest BCUT2D eigenvalue weighted by atomic mass is 9.94. The van der Waals surface area contributed by atoms with E-state index in [0.29, 0.717) is 19.1 Å². The summed E-state index contributed by atoms with van der Waals surface area (Å²) in [5.41, 5.74) is 1.13. The Hall–Kier alpha value is -0.410. The van der Waals surface area contributed by atoms with E-state index in [0.717, 1.165) is 33.4 Å². The first kappa shape index (κ1) is 15.5. The lowest BCUT2D eigenvalue weighted by molar-refractivity contribution is 0.287. The summed E-state index contributed by atoms with van der Waals surface area (Å²) in [5.74, 6) is 4.08. The Morgan fingerprint density at radius 1 is 1.10 bits per heavy atom. The normalized spacial score (nSPS) is 28.1. The van der Waals surface area contributed by atoms with E-state index < -0.39 is 0 Å². The molecule has 0 saturated heterocycles. The topological polar surface area (TPSA) is 18.5 Å². The van der Waals surface area contributed by atoms with Gasteiger partial charge in [-0.15, -0.1) is 11.6 Å². The predicted molar refractivity (Wildman–Crippen MR) is 89.4 cm³/mol. The zero-order chi connectivity index (χ0) is 15.0. The Morgan fingerprint density at radius 2 is 1.67 bits per heavy atom. The molecule has 2 aliphatic rings. The van der Waals surface area contributed by atoms with Gasteiger partial charge in [-0.3, -0.25) is 0 Å². The fourth-order valence-corrected chi connectivity index (χ4v) is 4.64. The Kier molecular flexibility index (Phi) is 4.70. The zero-order valence-corrected chi connectivity index (χ0v) is 14.9. The van der Waals surface area contributed by atoms with Gasteiger partial charge in [-0.1, -0.05) is 15.9 Å². The first-order valence-corrected chi connectivity index (χ1v) is 9.10. The Morgan fingerprint density at radius 3 is 2.24 bits per heavy atom. The second kappa shape index (κ2) is 6.37. The third kappa shape index (κ3) is 3.19. The minimum absolute atomic E-state index is 0.0575. The third-order valence-electron chi connectivity index (χ3n) is 4.65. The number of ether oxygens (including phenoxy) is 2. The van der Waals surface area contributed by atoms with Gasteiger partial charge in [-0.25, -0.2) is 0 Å². The number of rotatable bonds is 6. The number of fused-ring (bicyclic) bond motifs is 1. The van der Waals surface area contributed by atoms with Crippen molar-refractivity contribution in [3.05, 3.63) is 22.2 Å². The van der Waals surface area contributed by atoms with Crippen LogP contribution in [0.15, 0.2) is 16.6 Å². The van der Waals surface area contributed by atoms with Crippen LogP contribution in [-0.2, 0) is 0 Å². The molecular weight excluding hydrogens is 352 g/mol. The summed E-state index contributed by atoms with van der Waals surface area (Å²) in [4.78, 5) is 0. The summed E-state index contributed by atoms with van der Waals surface area (Å²) in [7, 11) is 0. The number of hydrogen-bond donors (Lipinski definition) is 0. The molecule has 0 N–H and O–H groups in total. The highest BCUT2D eigenvalue weighted by Gasteiger charge is 2.48. The van der Waals surface area contributed by atoms with Gasteiger partial charge in [0.2, 0.25) is 0 Å². The van der Waals surface area contributed by atoms with E-state index >= 15 is 0 Å². The Balaban J connectivity index is 1.84. The molecule has 4 heteroatoms. The van der Waals surface area contributed by atoms with Crippen LogP contribution in [0.25, 0.3) is 0 Å². The molecule has 0 amide bonds. The van der Waals surface area contributed by atoms with Crippen molar-refractivity contribution in [3.63, 3.8) is 0 Å². The van der Waals surface area contributed by atoms with Crippen molar-refractivity contribution in [1.82, 2.24) is 0 Å². The van der Waals surface area contributed by atoms with Crippen molar-refractivity contribution in [2.24, 2.45) is 17.8 Å². The minimum Gasteiger partial charge on any atom is -0.490 e. The van der Waals surface area contributed by atoms with Crippen molar-refractivity contribution < 1.29 is 9.47 Å². The fourth-order valence-electron chi connectivity index (χ4n) is 3.55. The number of halogens is 2. The summed E-state index contributed by atoms with van der Waals surface area (Å²) < 4.78 is 12.4. The first-order chi connectivity index (χ1) is 10.1. The highest BCUT2D eigenvalue weighted by molar-refractivity contribution is 9.10. The van der Waals surface area contributed by atoms with Crippen molar-refractivity contribution in [3.8, 4) is 11.5 Å². The van der Waals surface area contributed by atoms with E-state index in [9.17, 15) is 0 Å². The molecule has 2 saturated carbocycles. The van der Waals surface area contributed by atoms with E-state index in [4.69, 9.17) is 21.1 Å². The molecule has 1 aromatic rings. The second-order valence-electron chi connectivity index (χ2n) is 6.08. The van der Waals surface area contributed by atoms with Crippen LogP contribution in [0.5, 0.6) is 11.5 Å². The quantitative estimate of drug-likeness (QED) is 0.607. The molecule has 0 spiro atoms. The van der Waals surface area contributed by atoms with Crippen LogP contribution in [0.4, 0.5) is 0 Å². The van der Waals surface area contributed by atoms with Crippen molar-refractivity contribution in [2.75, 3.05) is 13.2 Å². The molecule has 21 heavy (non-hydrogen) atoms. The molecule has 0 heterocycles. The van der Waals surface area contributed by atoms with Crippen LogP contribution in [0.2, 0.25) is 0 Å². The highest BCUT2D eigenvalue weighted by Crippen LogP contribution is 2.59. The molecule has 2 nitrogen and oxygen atoms in total. The van der Waals surface area contributed by atoms with Crippen LogP contribution in [0.1, 0.15) is 44.1 Å². The van der Waals surface area contributed by atoms with E-state index in [-0.39, 0.29) is 5.38 Å². The van der Waals surface area contributed by atoms with E-state index in [2.05, 4.69) is 22.0 Å². The lowest BCUT2D eigenvalue weighted by Crippen LogP contribution is -2.08. The lowest BCUT2D eigenvalue weighted by Gasteiger charge is -2.22. The molecular formula is C17H22BrClO2. The third-order valence-corrected chi connectivity index (χ3v) is 5.93. The van der Waals surface area contributed by atoms with Crippen LogP contribution in [-0.4, -0.2) is 13.2 Å². The second-order valence-corrected chi connectivity index (χ2v) is 7.40. The first-order valence-electron chi connectivity index (χ1n) is 7.87. The summed E-state index contributed by atoms with van der Waals surface area (Å²) in [6.45, 7) is 5.22. The van der Waals surface area contributed by atoms with Crippen molar-refractivity contribution in [2.45, 2.75) is 38.5 Å². The minimum atomic E-state index is 0.0575. The maximum absolute atomic E-state index is 6.78. The SMILES string of the molecule is CCOc1cc(Br)c(C(Cl)C2CC3CC3C2)cc1OCC. The standard InChI is InChI=1S/C17H22BrClO2/c1-3-20-15-8-13(14(18)9-16(15)21-4-2)17(19)12-6-10-5-11(10)7-12/h8-12,17H,3-7H2,1-2H3. The van der Waals surface area contributed by atoms with Gasteiger partial charge in [0, 0.05) is 4.47 Å². The maximum Gasteiger partial charge on any atom is 0.162 e. The summed E-state index contributed by atoms with van der Waals surface area (Å²) in [5, 5.41) is 0.0575. The maximum atomic E-state index is 6.78. The molecule has 2 aliphatic carbocycles. The largest absolute Gasteiger partial charge is 0.490 e. The van der Waals surface area contributed by atoms with Gasteiger partial charge in [-0.05, 0) is 68.6 Å². The predicted octanol–water partition coefficient (Wildman–Crippen LogP) is 5.57. The highest BCUT2D eigenvalue weighted by atomic mass is 79.9. The van der Waals surface area contributed by atoms with Gasteiger partial charge in [0.25, 0.3) is 0 Å². The van der Waals surface area contributed by atoms with Crippen LogP contribution >= 0.6 is 27.5 Å². The molecule has 3 unspecified atom stereocenters. The van der Waals surface area contributed by atoms with Crippen LogP contribution in [0.3, 0.4) is 0 Å². The van der Waals surface area contributed by atoms with Gasteiger partial charge in [0.15, 0.2) is 11.5 Å². The molecule has 116 valence electrons. The molecule has 0 radical (unpaired) electrons. The Bertz CT molecular complexity index is 510. The number of benzene rings is 1. The smallest absolute Gasteiger partial charge is 0.162 e. The van der Waals surface area contributed by atoms with Crippen LogP contribution < -0.4 is 9.47 Å². The fraction of sp³-hybridized carbons (Fsp3) is 0.647. The van der Waals surface area contributed by atoms with Crippen molar-refractivity contribution in [1.29, 1.82) is 0 Å². The van der Waals surface area contributed by atoms with Crippen molar-refractivity contribution >= 4 is 27.5 Å². The van der Waals surface area contributed by atoms with Crippen LogP contribution in [0, 0.1) is 17.8 Å². The molecule has 0 bridgehead atoms. The van der Waals surface area contributed by atoms with Gasteiger partial charge in [0.1, 0.15) is 0 Å². The van der Waals surface area contributed by atoms with E-state index in [1.165, 1.54) is 19.3 Å². The number of alkyl halides is 1.